The van der Waals surface area contributed by atoms with Crippen LogP contribution in [-0.2, 0) is 4.79 Å². The Morgan fingerprint density at radius 3 is 2.27 bits per heavy atom. The molecule has 124 valence electrons. The zero-order valence-electron chi connectivity index (χ0n) is 14.4. The van der Waals surface area contributed by atoms with E-state index in [1.54, 1.807) is 0 Å². The van der Waals surface area contributed by atoms with Gasteiger partial charge in [-0.25, -0.2) is 0 Å². The number of nitrogens with zero attached hydrogens (tertiary/aromatic N) is 2. The third kappa shape index (κ3) is 2.81. The van der Waals surface area contributed by atoms with Gasteiger partial charge in [0.25, 0.3) is 0 Å². The van der Waals surface area contributed by atoms with Crippen LogP contribution >= 0.6 is 0 Å². The standard InChI is InChI=1S/C19H32N2O/c1-20(11-14-3-4-18(22)21(2)12-14)13-19-8-15-5-16(9-19)7-17(6-15)10-19/h14-17H,3-13H2,1-2H3. The van der Waals surface area contributed by atoms with Crippen LogP contribution in [0.25, 0.3) is 0 Å². The van der Waals surface area contributed by atoms with E-state index in [0.29, 0.717) is 17.2 Å². The predicted octanol–water partition coefficient (Wildman–Crippen LogP) is 3.00. The van der Waals surface area contributed by atoms with Gasteiger partial charge in [-0.3, -0.25) is 4.79 Å². The molecule has 5 fully saturated rings. The fraction of sp³-hybridized carbons (Fsp3) is 0.947. The molecule has 0 aromatic rings. The number of hydrogen-bond acceptors (Lipinski definition) is 2. The quantitative estimate of drug-likeness (QED) is 0.797. The first-order valence-corrected chi connectivity index (χ1v) is 9.44. The molecule has 5 aliphatic rings. The molecule has 4 saturated carbocycles. The highest BCUT2D eigenvalue weighted by Crippen LogP contribution is 2.60. The summed E-state index contributed by atoms with van der Waals surface area (Å²) < 4.78 is 0. The van der Waals surface area contributed by atoms with Gasteiger partial charge in [-0.15, -0.1) is 0 Å². The minimum atomic E-state index is 0.333. The van der Waals surface area contributed by atoms with Crippen molar-refractivity contribution in [3.63, 3.8) is 0 Å². The molecule has 3 nitrogen and oxygen atoms in total. The number of amides is 1. The van der Waals surface area contributed by atoms with Crippen molar-refractivity contribution in [2.75, 3.05) is 33.7 Å². The van der Waals surface area contributed by atoms with E-state index < -0.39 is 0 Å². The van der Waals surface area contributed by atoms with E-state index in [2.05, 4.69) is 11.9 Å². The number of rotatable bonds is 4. The molecule has 1 unspecified atom stereocenters. The van der Waals surface area contributed by atoms with Gasteiger partial charge >= 0.3 is 0 Å². The van der Waals surface area contributed by atoms with Gasteiger partial charge in [-0.2, -0.15) is 0 Å². The second kappa shape index (κ2) is 5.51. The van der Waals surface area contributed by atoms with E-state index in [1.165, 1.54) is 51.6 Å². The summed E-state index contributed by atoms with van der Waals surface area (Å²) in [5.41, 5.74) is 0.653. The van der Waals surface area contributed by atoms with Crippen LogP contribution in [0.3, 0.4) is 0 Å². The summed E-state index contributed by atoms with van der Waals surface area (Å²) in [5, 5.41) is 0. The zero-order chi connectivity index (χ0) is 15.3. The summed E-state index contributed by atoms with van der Waals surface area (Å²) in [6, 6.07) is 0. The van der Waals surface area contributed by atoms with Crippen molar-refractivity contribution in [3.05, 3.63) is 0 Å². The van der Waals surface area contributed by atoms with Gasteiger partial charge in [0.2, 0.25) is 5.91 Å². The Bertz CT molecular complexity index is 411. The number of piperidine rings is 1. The van der Waals surface area contributed by atoms with Crippen LogP contribution in [0.5, 0.6) is 0 Å². The lowest BCUT2D eigenvalue weighted by atomic mass is 9.49. The van der Waals surface area contributed by atoms with Crippen molar-refractivity contribution in [2.24, 2.45) is 29.1 Å². The molecule has 1 atom stereocenters. The van der Waals surface area contributed by atoms with Crippen molar-refractivity contribution in [3.8, 4) is 0 Å². The monoisotopic (exact) mass is 304 g/mol. The van der Waals surface area contributed by atoms with Crippen LogP contribution in [0.15, 0.2) is 0 Å². The minimum absolute atomic E-state index is 0.333. The first-order chi connectivity index (χ1) is 10.5. The Morgan fingerprint density at radius 1 is 1.14 bits per heavy atom. The molecule has 4 aliphatic carbocycles. The maximum absolute atomic E-state index is 11.6. The Balaban J connectivity index is 1.34. The van der Waals surface area contributed by atoms with E-state index in [4.69, 9.17) is 0 Å². The molecule has 0 radical (unpaired) electrons. The number of likely N-dealkylation sites (tertiary alicyclic amines) is 1. The molecule has 0 aromatic carbocycles. The highest BCUT2D eigenvalue weighted by molar-refractivity contribution is 5.76. The van der Waals surface area contributed by atoms with E-state index in [1.807, 2.05) is 11.9 Å². The molecule has 1 heterocycles. The number of carbonyl (C=O) groups excluding carboxylic acids is 1. The summed E-state index contributed by atoms with van der Waals surface area (Å²) in [4.78, 5) is 16.2. The van der Waals surface area contributed by atoms with Gasteiger partial charge in [0.05, 0.1) is 0 Å². The summed E-state index contributed by atoms with van der Waals surface area (Å²) in [6.07, 6.45) is 11.0. The highest BCUT2D eigenvalue weighted by atomic mass is 16.2. The first-order valence-electron chi connectivity index (χ1n) is 9.44. The third-order valence-corrected chi connectivity index (χ3v) is 7.06. The van der Waals surface area contributed by atoms with Crippen LogP contribution in [0, 0.1) is 29.1 Å². The normalized spacial score (nSPS) is 44.1. The average Bonchev–Trinajstić information content (AvgIpc) is 2.40. The Morgan fingerprint density at radius 2 is 1.73 bits per heavy atom. The van der Waals surface area contributed by atoms with Gasteiger partial charge in [-0.1, -0.05) is 0 Å². The van der Waals surface area contributed by atoms with Crippen LogP contribution in [0.2, 0.25) is 0 Å². The van der Waals surface area contributed by atoms with Crippen LogP contribution < -0.4 is 0 Å². The molecule has 1 saturated heterocycles. The second-order valence-corrected chi connectivity index (χ2v) is 9.29. The van der Waals surface area contributed by atoms with Crippen molar-refractivity contribution in [2.45, 2.75) is 51.4 Å². The molecule has 22 heavy (non-hydrogen) atoms. The lowest BCUT2D eigenvalue weighted by molar-refractivity contribution is -0.133. The van der Waals surface area contributed by atoms with E-state index in [9.17, 15) is 4.79 Å². The fourth-order valence-corrected chi connectivity index (χ4v) is 6.81. The maximum atomic E-state index is 11.6. The average molecular weight is 304 g/mol. The predicted molar refractivity (Wildman–Crippen MR) is 88.5 cm³/mol. The van der Waals surface area contributed by atoms with E-state index in [-0.39, 0.29) is 0 Å². The Labute approximate surface area is 135 Å². The second-order valence-electron chi connectivity index (χ2n) is 9.29. The van der Waals surface area contributed by atoms with Gasteiger partial charge in [0, 0.05) is 33.1 Å². The summed E-state index contributed by atoms with van der Waals surface area (Å²) >= 11 is 0. The highest BCUT2D eigenvalue weighted by Gasteiger charge is 2.51. The molecule has 1 amide bonds. The minimum Gasteiger partial charge on any atom is -0.345 e. The third-order valence-electron chi connectivity index (χ3n) is 7.06. The SMILES string of the molecule is CN(CC1CCC(=O)N(C)C1)CC12CC3CC(CC(C3)C1)C2. The molecule has 1 aliphatic heterocycles. The van der Waals surface area contributed by atoms with Gasteiger partial charge in [0.1, 0.15) is 0 Å². The Kier molecular flexibility index (Phi) is 3.75. The van der Waals surface area contributed by atoms with Crippen molar-refractivity contribution in [1.29, 1.82) is 0 Å². The summed E-state index contributed by atoms with van der Waals surface area (Å²) in [6.45, 7) is 3.45. The van der Waals surface area contributed by atoms with Crippen LogP contribution in [0.4, 0.5) is 0 Å². The summed E-state index contributed by atoms with van der Waals surface area (Å²) in [7, 11) is 4.29. The van der Waals surface area contributed by atoms with Gasteiger partial charge < -0.3 is 9.80 Å². The van der Waals surface area contributed by atoms with E-state index >= 15 is 0 Å². The topological polar surface area (TPSA) is 23.6 Å². The lowest BCUT2D eigenvalue weighted by Crippen LogP contribution is -2.51. The van der Waals surface area contributed by atoms with Crippen molar-refractivity contribution < 1.29 is 4.79 Å². The van der Waals surface area contributed by atoms with E-state index in [0.717, 1.165) is 37.1 Å². The molecular formula is C19H32N2O. The molecule has 5 rings (SSSR count). The zero-order valence-corrected chi connectivity index (χ0v) is 14.4. The fourth-order valence-electron chi connectivity index (χ4n) is 6.81. The van der Waals surface area contributed by atoms with Crippen LogP contribution in [0.1, 0.15) is 51.4 Å². The smallest absolute Gasteiger partial charge is 0.222 e. The van der Waals surface area contributed by atoms with Gasteiger partial charge in [-0.05, 0) is 81.1 Å². The number of carbonyl (C=O) groups is 1. The molecule has 0 N–H and O–H groups in total. The first kappa shape index (κ1) is 15.0. The maximum Gasteiger partial charge on any atom is 0.222 e. The largest absolute Gasteiger partial charge is 0.345 e. The Hall–Kier alpha value is -0.570. The van der Waals surface area contributed by atoms with Crippen LogP contribution in [-0.4, -0.2) is 49.4 Å². The molecule has 0 spiro atoms. The molecule has 3 heteroatoms. The molecule has 0 aromatic heterocycles. The summed E-state index contributed by atoms with van der Waals surface area (Å²) in [5.74, 6) is 4.18. The molecular weight excluding hydrogens is 272 g/mol. The van der Waals surface area contributed by atoms with Crippen molar-refractivity contribution in [1.82, 2.24) is 9.80 Å². The van der Waals surface area contributed by atoms with Crippen molar-refractivity contribution >= 4 is 5.91 Å². The molecule has 4 bridgehead atoms. The lowest BCUT2D eigenvalue weighted by Gasteiger charge is -2.58. The number of hydrogen-bond donors (Lipinski definition) is 0. The van der Waals surface area contributed by atoms with Gasteiger partial charge in [0.15, 0.2) is 0 Å².